The summed E-state index contributed by atoms with van der Waals surface area (Å²) in [6.07, 6.45) is -1.56. The van der Waals surface area contributed by atoms with Crippen molar-refractivity contribution in [3.8, 4) is 11.1 Å². The van der Waals surface area contributed by atoms with Gasteiger partial charge in [-0.05, 0) is 43.7 Å². The Morgan fingerprint density at radius 3 is 2.79 bits per heavy atom. The molecule has 2 aromatic heterocycles. The number of hydrogen-bond acceptors (Lipinski definition) is 7. The number of amides is 1. The molecule has 3 unspecified atom stereocenters. The first kappa shape index (κ1) is 25.6. The minimum Gasteiger partial charge on any atom is -0.377 e. The van der Waals surface area contributed by atoms with Crippen LogP contribution in [0.3, 0.4) is 0 Å². The van der Waals surface area contributed by atoms with Gasteiger partial charge < -0.3 is 19.7 Å². The minimum absolute atomic E-state index is 0.0285. The molecular weight excluding hydrogens is 511 g/mol. The number of carbonyl (C=O) groups excluding carboxylic acids is 1. The quantitative estimate of drug-likeness (QED) is 0.460. The van der Waals surface area contributed by atoms with Crippen LogP contribution in [0.5, 0.6) is 0 Å². The van der Waals surface area contributed by atoms with Gasteiger partial charge in [0.05, 0.1) is 42.4 Å². The maximum absolute atomic E-state index is 13.1. The molecule has 0 aliphatic carbocycles. The number of nitrogens with zero attached hydrogens (tertiary/aromatic N) is 4. The smallest absolute Gasteiger partial charge is 0.377 e. The van der Waals surface area contributed by atoms with E-state index in [-0.39, 0.29) is 11.9 Å². The van der Waals surface area contributed by atoms with E-state index in [1.54, 1.807) is 23.4 Å². The lowest BCUT2D eigenvalue weighted by Crippen LogP contribution is -2.46. The van der Waals surface area contributed by atoms with Crippen molar-refractivity contribution in [3.05, 3.63) is 65.6 Å². The van der Waals surface area contributed by atoms with Crippen molar-refractivity contribution in [1.82, 2.24) is 9.97 Å². The zero-order valence-corrected chi connectivity index (χ0v) is 21.5. The molecule has 3 aliphatic rings. The number of carbonyl (C=O) groups is 1. The Labute approximate surface area is 223 Å². The van der Waals surface area contributed by atoms with Crippen LogP contribution < -0.4 is 15.1 Å². The third kappa shape index (κ3) is 4.92. The van der Waals surface area contributed by atoms with Gasteiger partial charge in [0, 0.05) is 42.5 Å². The Morgan fingerprint density at radius 2 is 2.00 bits per heavy atom. The van der Waals surface area contributed by atoms with Gasteiger partial charge in [0.1, 0.15) is 6.10 Å². The molecule has 1 aromatic carbocycles. The van der Waals surface area contributed by atoms with Crippen molar-refractivity contribution in [3.63, 3.8) is 0 Å². The molecule has 11 heteroatoms. The summed E-state index contributed by atoms with van der Waals surface area (Å²) in [4.78, 5) is 26.1. The predicted octanol–water partition coefficient (Wildman–Crippen LogP) is 4.94. The largest absolute Gasteiger partial charge is 0.416 e. The van der Waals surface area contributed by atoms with Gasteiger partial charge in [-0.3, -0.25) is 14.7 Å². The molecule has 3 aromatic rings. The SMILES string of the molecule is CCN1C(=O)CC2COCCN2c2cc(-c3cc(NC4OC4c4cccc(C(F)(F)F)c4)cnc3C)cnc21. The number of anilines is 3. The summed E-state index contributed by atoms with van der Waals surface area (Å²) in [6.45, 7) is 6.10. The standard InChI is InChI=1S/C28H28F3N5O3/c1-3-35-24(37)12-21-15-38-8-7-36(21)23-10-18(13-33-26(23)35)22-11-20(14-32-16(22)2)34-27-25(39-27)17-5-4-6-19(9-17)28(29,30)31/h4-6,9-11,13-14,21,25,27,34H,3,7-8,12,15H2,1-2H3. The summed E-state index contributed by atoms with van der Waals surface area (Å²) in [6, 6.07) is 9.13. The first-order valence-electron chi connectivity index (χ1n) is 12.9. The average molecular weight is 540 g/mol. The van der Waals surface area contributed by atoms with Crippen molar-refractivity contribution in [2.75, 3.05) is 41.4 Å². The number of aryl methyl sites for hydroxylation is 1. The number of ether oxygens (including phenoxy) is 2. The number of alkyl halides is 3. The molecule has 8 nitrogen and oxygen atoms in total. The molecule has 2 saturated heterocycles. The van der Waals surface area contributed by atoms with E-state index in [4.69, 9.17) is 14.5 Å². The van der Waals surface area contributed by atoms with E-state index in [0.29, 0.717) is 49.8 Å². The number of aromatic nitrogens is 2. The van der Waals surface area contributed by atoms with Crippen LogP contribution in [0.2, 0.25) is 0 Å². The van der Waals surface area contributed by atoms with E-state index in [0.717, 1.165) is 34.6 Å². The van der Waals surface area contributed by atoms with E-state index in [1.807, 2.05) is 19.9 Å². The summed E-state index contributed by atoms with van der Waals surface area (Å²) in [5.41, 5.74) is 3.84. The molecule has 0 spiro atoms. The Kier molecular flexibility index (Phi) is 6.43. The van der Waals surface area contributed by atoms with Crippen molar-refractivity contribution < 1.29 is 27.4 Å². The molecule has 3 aliphatic heterocycles. The van der Waals surface area contributed by atoms with Gasteiger partial charge in [0.15, 0.2) is 12.0 Å². The van der Waals surface area contributed by atoms with Crippen LogP contribution in [-0.4, -0.2) is 54.4 Å². The second kappa shape index (κ2) is 9.80. The number of morpholine rings is 1. The Balaban J connectivity index is 1.27. The highest BCUT2D eigenvalue weighted by Gasteiger charge is 2.42. The second-order valence-corrected chi connectivity index (χ2v) is 9.93. The lowest BCUT2D eigenvalue weighted by Gasteiger charge is -2.36. The van der Waals surface area contributed by atoms with Crippen LogP contribution in [0, 0.1) is 6.92 Å². The Hall–Kier alpha value is -3.70. The predicted molar refractivity (Wildman–Crippen MR) is 139 cm³/mol. The van der Waals surface area contributed by atoms with E-state index in [1.165, 1.54) is 6.07 Å². The normalized spacial score (nSPS) is 22.7. The van der Waals surface area contributed by atoms with Crippen LogP contribution >= 0.6 is 0 Å². The topological polar surface area (TPSA) is 83.1 Å². The monoisotopic (exact) mass is 539 g/mol. The molecule has 0 bridgehead atoms. The van der Waals surface area contributed by atoms with Gasteiger partial charge in [0.25, 0.3) is 0 Å². The lowest BCUT2D eigenvalue weighted by molar-refractivity contribution is -0.137. The number of rotatable bonds is 5. The van der Waals surface area contributed by atoms with Gasteiger partial charge >= 0.3 is 6.18 Å². The van der Waals surface area contributed by atoms with E-state index >= 15 is 0 Å². The fourth-order valence-electron chi connectivity index (χ4n) is 5.35. The van der Waals surface area contributed by atoms with Crippen LogP contribution in [0.25, 0.3) is 11.1 Å². The third-order valence-corrected chi connectivity index (χ3v) is 7.41. The molecule has 0 radical (unpaired) electrons. The van der Waals surface area contributed by atoms with Crippen LogP contribution in [0.1, 0.15) is 36.3 Å². The summed E-state index contributed by atoms with van der Waals surface area (Å²) >= 11 is 0. The lowest BCUT2D eigenvalue weighted by atomic mass is 10.0. The summed E-state index contributed by atoms with van der Waals surface area (Å²) in [7, 11) is 0. The molecular formula is C28H28F3N5O3. The summed E-state index contributed by atoms with van der Waals surface area (Å²) in [5.74, 6) is 0.673. The average Bonchev–Trinajstić information content (AvgIpc) is 3.70. The zero-order chi connectivity index (χ0) is 27.3. The van der Waals surface area contributed by atoms with E-state index in [2.05, 4.69) is 21.3 Å². The first-order chi connectivity index (χ1) is 18.7. The fraction of sp³-hybridized carbons (Fsp3) is 0.393. The molecule has 2 fully saturated rings. The number of epoxide rings is 1. The highest BCUT2D eigenvalue weighted by atomic mass is 19.4. The van der Waals surface area contributed by atoms with Gasteiger partial charge in [-0.15, -0.1) is 0 Å². The van der Waals surface area contributed by atoms with Gasteiger partial charge in [0.2, 0.25) is 5.91 Å². The minimum atomic E-state index is -4.41. The summed E-state index contributed by atoms with van der Waals surface area (Å²) < 4.78 is 50.7. The molecule has 39 heavy (non-hydrogen) atoms. The Bertz CT molecular complexity index is 1420. The van der Waals surface area contributed by atoms with Crippen molar-refractivity contribution in [1.29, 1.82) is 0 Å². The van der Waals surface area contributed by atoms with Crippen LogP contribution in [0.15, 0.2) is 48.8 Å². The number of hydrogen-bond donors (Lipinski definition) is 1. The Morgan fingerprint density at radius 1 is 1.15 bits per heavy atom. The number of pyridine rings is 2. The number of halogens is 3. The van der Waals surface area contributed by atoms with E-state index in [9.17, 15) is 18.0 Å². The zero-order valence-electron chi connectivity index (χ0n) is 21.5. The fourth-order valence-corrected chi connectivity index (χ4v) is 5.35. The molecule has 1 amide bonds. The van der Waals surface area contributed by atoms with Crippen molar-refractivity contribution in [2.45, 2.75) is 44.8 Å². The number of fused-ring (bicyclic) bond motifs is 3. The number of benzene rings is 1. The van der Waals surface area contributed by atoms with Gasteiger partial charge in [-0.2, -0.15) is 13.2 Å². The highest BCUT2D eigenvalue weighted by molar-refractivity contribution is 5.98. The van der Waals surface area contributed by atoms with Crippen LogP contribution in [-0.2, 0) is 20.4 Å². The van der Waals surface area contributed by atoms with Gasteiger partial charge in [-0.25, -0.2) is 4.98 Å². The second-order valence-electron chi connectivity index (χ2n) is 9.93. The maximum atomic E-state index is 13.1. The summed E-state index contributed by atoms with van der Waals surface area (Å²) in [5, 5.41) is 3.23. The molecule has 5 heterocycles. The number of nitrogens with one attached hydrogen (secondary N) is 1. The van der Waals surface area contributed by atoms with Crippen molar-refractivity contribution in [2.24, 2.45) is 0 Å². The van der Waals surface area contributed by atoms with E-state index < -0.39 is 24.1 Å². The van der Waals surface area contributed by atoms with Crippen molar-refractivity contribution >= 4 is 23.1 Å². The van der Waals surface area contributed by atoms with Gasteiger partial charge in [-0.1, -0.05) is 12.1 Å². The maximum Gasteiger partial charge on any atom is 0.416 e. The molecule has 1 N–H and O–H groups in total. The molecule has 0 saturated carbocycles. The molecule has 3 atom stereocenters. The highest BCUT2D eigenvalue weighted by Crippen LogP contribution is 2.42. The van der Waals surface area contributed by atoms with Crippen LogP contribution in [0.4, 0.5) is 30.4 Å². The molecule has 6 rings (SSSR count). The molecule has 204 valence electrons. The first-order valence-corrected chi connectivity index (χ1v) is 12.9. The third-order valence-electron chi connectivity index (χ3n) is 7.41.